The van der Waals surface area contributed by atoms with Crippen molar-refractivity contribution in [2.45, 2.75) is 71.7 Å². The maximum atomic E-state index is 9.27. The van der Waals surface area contributed by atoms with Gasteiger partial charge in [-0.15, -0.1) is 0 Å². The first kappa shape index (κ1) is 15.9. The first-order valence-corrected chi connectivity index (χ1v) is 9.90. The molecule has 106 valence electrons. The van der Waals surface area contributed by atoms with E-state index in [1.807, 2.05) is 0 Å². The van der Waals surface area contributed by atoms with Gasteiger partial charge in [0.05, 0.1) is 12.7 Å². The number of hydrogen-bond donors (Lipinski definition) is 1. The second-order valence-electron chi connectivity index (χ2n) is 7.69. The van der Waals surface area contributed by atoms with Crippen molar-refractivity contribution in [2.75, 3.05) is 6.61 Å². The standard InChI is InChI=1S/C15H30O2Si/c1-14(2,3)18(6,7)17-13-9-8-12(11-16)10-15(13,4)5/h10,13,16H,8-9,11H2,1-7H3. The number of hydrogen-bond acceptors (Lipinski definition) is 2. The number of aliphatic hydroxyl groups is 1. The monoisotopic (exact) mass is 270 g/mol. The molecular weight excluding hydrogens is 240 g/mol. The van der Waals surface area contributed by atoms with Crippen LogP contribution in [-0.2, 0) is 4.43 Å². The third-order valence-electron chi connectivity index (χ3n) is 4.58. The molecule has 0 saturated heterocycles. The van der Waals surface area contributed by atoms with Gasteiger partial charge in [0.25, 0.3) is 0 Å². The molecule has 0 bridgehead atoms. The summed E-state index contributed by atoms with van der Waals surface area (Å²) in [4.78, 5) is 0. The molecule has 0 spiro atoms. The Kier molecular flexibility index (Phi) is 4.52. The zero-order chi connectivity index (χ0) is 14.2. The summed E-state index contributed by atoms with van der Waals surface area (Å²) in [5, 5.41) is 9.52. The van der Waals surface area contributed by atoms with Gasteiger partial charge in [0, 0.05) is 5.41 Å². The Labute approximate surface area is 114 Å². The van der Waals surface area contributed by atoms with Crippen LogP contribution in [0.25, 0.3) is 0 Å². The molecule has 2 nitrogen and oxygen atoms in total. The Balaban J connectivity index is 2.85. The van der Waals surface area contributed by atoms with Crippen LogP contribution in [-0.4, -0.2) is 26.1 Å². The molecule has 3 heteroatoms. The van der Waals surface area contributed by atoms with Gasteiger partial charge < -0.3 is 9.53 Å². The molecule has 0 aliphatic heterocycles. The van der Waals surface area contributed by atoms with E-state index in [1.54, 1.807) is 0 Å². The molecule has 1 rings (SSSR count). The van der Waals surface area contributed by atoms with Gasteiger partial charge in [0.15, 0.2) is 8.32 Å². The van der Waals surface area contributed by atoms with Gasteiger partial charge in [-0.3, -0.25) is 0 Å². The zero-order valence-electron chi connectivity index (χ0n) is 13.1. The van der Waals surface area contributed by atoms with Crippen LogP contribution >= 0.6 is 0 Å². The lowest BCUT2D eigenvalue weighted by atomic mass is 9.77. The van der Waals surface area contributed by atoms with Crippen molar-refractivity contribution >= 4 is 8.32 Å². The van der Waals surface area contributed by atoms with Crippen LogP contribution in [0, 0.1) is 5.41 Å². The van der Waals surface area contributed by atoms with Crippen LogP contribution in [0.5, 0.6) is 0 Å². The molecule has 0 heterocycles. The van der Waals surface area contributed by atoms with E-state index in [2.05, 4.69) is 53.8 Å². The van der Waals surface area contributed by atoms with E-state index in [4.69, 9.17) is 4.43 Å². The summed E-state index contributed by atoms with van der Waals surface area (Å²) in [7, 11) is -1.71. The summed E-state index contributed by atoms with van der Waals surface area (Å²) in [5.41, 5.74) is 1.20. The van der Waals surface area contributed by atoms with E-state index in [9.17, 15) is 5.11 Å². The maximum Gasteiger partial charge on any atom is 0.192 e. The van der Waals surface area contributed by atoms with Crippen molar-refractivity contribution in [1.82, 2.24) is 0 Å². The Hall–Kier alpha value is -0.123. The summed E-state index contributed by atoms with van der Waals surface area (Å²) in [6, 6.07) is 0. The lowest BCUT2D eigenvalue weighted by Crippen LogP contribution is -2.48. The van der Waals surface area contributed by atoms with E-state index in [0.717, 1.165) is 18.4 Å². The van der Waals surface area contributed by atoms with E-state index >= 15 is 0 Å². The predicted octanol–water partition coefficient (Wildman–Crippen LogP) is 4.12. The number of aliphatic hydroxyl groups excluding tert-OH is 1. The summed E-state index contributed by atoms with van der Waals surface area (Å²) >= 11 is 0. The van der Waals surface area contributed by atoms with Gasteiger partial charge in [-0.05, 0) is 36.5 Å². The fourth-order valence-corrected chi connectivity index (χ4v) is 3.73. The van der Waals surface area contributed by atoms with Crippen LogP contribution in [0.3, 0.4) is 0 Å². The number of rotatable bonds is 3. The molecule has 1 atom stereocenters. The van der Waals surface area contributed by atoms with E-state index in [1.165, 1.54) is 0 Å². The molecule has 1 N–H and O–H groups in total. The Morgan fingerprint density at radius 1 is 1.39 bits per heavy atom. The molecule has 0 amide bonds. The van der Waals surface area contributed by atoms with Crippen LogP contribution in [0.15, 0.2) is 11.6 Å². The Morgan fingerprint density at radius 2 is 1.94 bits per heavy atom. The van der Waals surface area contributed by atoms with Crippen molar-refractivity contribution in [3.63, 3.8) is 0 Å². The van der Waals surface area contributed by atoms with Crippen molar-refractivity contribution in [1.29, 1.82) is 0 Å². The fraction of sp³-hybridized carbons (Fsp3) is 0.867. The highest BCUT2D eigenvalue weighted by Gasteiger charge is 2.43. The average Bonchev–Trinajstić information content (AvgIpc) is 2.18. The minimum Gasteiger partial charge on any atom is -0.413 e. The van der Waals surface area contributed by atoms with Crippen LogP contribution in [0.1, 0.15) is 47.5 Å². The average molecular weight is 270 g/mol. The first-order chi connectivity index (χ1) is 7.99. The quantitative estimate of drug-likeness (QED) is 0.617. The van der Waals surface area contributed by atoms with Crippen molar-refractivity contribution in [3.8, 4) is 0 Å². The fourth-order valence-electron chi connectivity index (χ4n) is 2.25. The van der Waals surface area contributed by atoms with Gasteiger partial charge in [-0.1, -0.05) is 40.7 Å². The molecule has 1 aliphatic rings. The van der Waals surface area contributed by atoms with Gasteiger partial charge in [0.2, 0.25) is 0 Å². The predicted molar refractivity (Wildman–Crippen MR) is 80.3 cm³/mol. The molecule has 0 radical (unpaired) electrons. The SMILES string of the molecule is CC1(C)C=C(CO)CCC1O[Si](C)(C)C(C)(C)C. The Bertz CT molecular complexity index is 324. The van der Waals surface area contributed by atoms with E-state index in [-0.39, 0.29) is 23.2 Å². The van der Waals surface area contributed by atoms with Crippen LogP contribution in [0.2, 0.25) is 18.1 Å². The van der Waals surface area contributed by atoms with Crippen molar-refractivity contribution in [3.05, 3.63) is 11.6 Å². The minimum absolute atomic E-state index is 0.0336. The normalized spacial score (nSPS) is 24.9. The summed E-state index contributed by atoms with van der Waals surface area (Å²) in [5.74, 6) is 0. The molecule has 1 unspecified atom stereocenters. The lowest BCUT2D eigenvalue weighted by Gasteiger charge is -2.45. The summed E-state index contributed by atoms with van der Waals surface area (Å²) in [6.45, 7) is 16.1. The molecule has 0 aromatic heterocycles. The smallest absolute Gasteiger partial charge is 0.192 e. The van der Waals surface area contributed by atoms with Crippen molar-refractivity contribution in [2.24, 2.45) is 5.41 Å². The molecule has 0 aromatic rings. The molecule has 0 aromatic carbocycles. The van der Waals surface area contributed by atoms with Crippen LogP contribution in [0.4, 0.5) is 0 Å². The maximum absolute atomic E-state index is 9.27. The summed E-state index contributed by atoms with van der Waals surface area (Å²) < 4.78 is 6.56. The van der Waals surface area contributed by atoms with E-state index < -0.39 is 8.32 Å². The van der Waals surface area contributed by atoms with Gasteiger partial charge in [0.1, 0.15) is 0 Å². The second-order valence-corrected chi connectivity index (χ2v) is 12.4. The van der Waals surface area contributed by atoms with Gasteiger partial charge >= 0.3 is 0 Å². The van der Waals surface area contributed by atoms with Crippen molar-refractivity contribution < 1.29 is 9.53 Å². The van der Waals surface area contributed by atoms with E-state index in [0.29, 0.717) is 0 Å². The molecule has 0 fully saturated rings. The third kappa shape index (κ3) is 3.46. The highest BCUT2D eigenvalue weighted by Crippen LogP contribution is 2.43. The highest BCUT2D eigenvalue weighted by molar-refractivity contribution is 6.74. The second kappa shape index (κ2) is 5.10. The largest absolute Gasteiger partial charge is 0.413 e. The third-order valence-corrected chi connectivity index (χ3v) is 9.07. The summed E-state index contributed by atoms with van der Waals surface area (Å²) in [6.07, 6.45) is 4.51. The Morgan fingerprint density at radius 3 is 2.33 bits per heavy atom. The topological polar surface area (TPSA) is 29.5 Å². The molecule has 1 aliphatic carbocycles. The first-order valence-electron chi connectivity index (χ1n) is 6.99. The minimum atomic E-state index is -1.71. The van der Waals surface area contributed by atoms with Gasteiger partial charge in [-0.25, -0.2) is 0 Å². The highest BCUT2D eigenvalue weighted by atomic mass is 28.4. The van der Waals surface area contributed by atoms with Crippen LogP contribution < -0.4 is 0 Å². The zero-order valence-corrected chi connectivity index (χ0v) is 14.1. The molecule has 0 saturated carbocycles. The lowest BCUT2D eigenvalue weighted by molar-refractivity contribution is 0.0742. The van der Waals surface area contributed by atoms with Gasteiger partial charge in [-0.2, -0.15) is 0 Å². The molecule has 18 heavy (non-hydrogen) atoms. The molecular formula is C15H30O2Si.